The van der Waals surface area contributed by atoms with E-state index in [1.54, 1.807) is 60.7 Å². The van der Waals surface area contributed by atoms with Crippen LogP contribution in [0.25, 0.3) is 11.3 Å². The van der Waals surface area contributed by atoms with Crippen LogP contribution in [0, 0.1) is 6.92 Å². The predicted molar refractivity (Wildman–Crippen MR) is 96.0 cm³/mol. The summed E-state index contributed by atoms with van der Waals surface area (Å²) in [5, 5.41) is 7.98. The fourth-order valence-corrected chi connectivity index (χ4v) is 3.28. The monoisotopic (exact) mass is 355 g/mol. The molecule has 0 bridgehead atoms. The van der Waals surface area contributed by atoms with Gasteiger partial charge in [0.25, 0.3) is 10.0 Å². The normalized spacial score (nSPS) is 11.1. The lowest BCUT2D eigenvalue weighted by atomic mass is 10.1. The number of nitrogens with zero attached hydrogens (tertiary/aromatic N) is 2. The van der Waals surface area contributed by atoms with Crippen molar-refractivity contribution in [2.75, 3.05) is 11.8 Å². The number of aryl methyl sites for hydroxylation is 1. The van der Waals surface area contributed by atoms with E-state index in [9.17, 15) is 8.42 Å². The molecule has 1 N–H and O–H groups in total. The number of aromatic nitrogens is 2. The smallest absolute Gasteiger partial charge is 0.261 e. The number of rotatable bonds is 5. The van der Waals surface area contributed by atoms with E-state index in [-0.39, 0.29) is 4.90 Å². The number of nitrogens with one attached hydrogen (secondary N) is 1. The number of ether oxygens (including phenoxy) is 1. The van der Waals surface area contributed by atoms with Crippen molar-refractivity contribution >= 4 is 15.7 Å². The second-order valence-corrected chi connectivity index (χ2v) is 7.14. The Morgan fingerprint density at radius 3 is 2.12 bits per heavy atom. The first-order valence-corrected chi connectivity index (χ1v) is 9.04. The molecule has 0 radical (unpaired) electrons. The SMILES string of the molecule is COc1ccc(-c2ccc(NS(=O)(=O)c3ccc(C)cc3)cc2)nn1. The molecule has 2 aromatic carbocycles. The first-order valence-electron chi connectivity index (χ1n) is 7.55. The van der Waals surface area contributed by atoms with Gasteiger partial charge < -0.3 is 4.74 Å². The third-order valence-corrected chi connectivity index (χ3v) is 5.01. The molecular weight excluding hydrogens is 338 g/mol. The van der Waals surface area contributed by atoms with Gasteiger partial charge in [0, 0.05) is 17.3 Å². The summed E-state index contributed by atoms with van der Waals surface area (Å²) in [4.78, 5) is 0.225. The van der Waals surface area contributed by atoms with Crippen molar-refractivity contribution in [2.24, 2.45) is 0 Å². The highest BCUT2D eigenvalue weighted by Gasteiger charge is 2.13. The van der Waals surface area contributed by atoms with Gasteiger partial charge in [-0.3, -0.25) is 4.72 Å². The Hall–Kier alpha value is -2.93. The molecule has 128 valence electrons. The summed E-state index contributed by atoms with van der Waals surface area (Å²) in [6.45, 7) is 1.91. The average Bonchev–Trinajstić information content (AvgIpc) is 2.62. The maximum Gasteiger partial charge on any atom is 0.261 e. The van der Waals surface area contributed by atoms with Crippen molar-refractivity contribution in [1.82, 2.24) is 10.2 Å². The van der Waals surface area contributed by atoms with Crippen molar-refractivity contribution in [3.63, 3.8) is 0 Å². The molecule has 3 aromatic rings. The molecule has 0 aliphatic heterocycles. The first-order chi connectivity index (χ1) is 12.0. The summed E-state index contributed by atoms with van der Waals surface area (Å²) in [7, 11) is -2.08. The third kappa shape index (κ3) is 3.95. The maximum atomic E-state index is 12.4. The highest BCUT2D eigenvalue weighted by atomic mass is 32.2. The Labute approximate surface area is 146 Å². The number of methoxy groups -OCH3 is 1. The molecule has 0 aliphatic rings. The summed E-state index contributed by atoms with van der Waals surface area (Å²) in [6.07, 6.45) is 0. The zero-order valence-corrected chi connectivity index (χ0v) is 14.6. The molecule has 0 fully saturated rings. The van der Waals surface area contributed by atoms with Gasteiger partial charge in [-0.15, -0.1) is 10.2 Å². The van der Waals surface area contributed by atoms with E-state index in [2.05, 4.69) is 14.9 Å². The van der Waals surface area contributed by atoms with Crippen LogP contribution in [0.2, 0.25) is 0 Å². The predicted octanol–water partition coefficient (Wildman–Crippen LogP) is 3.26. The molecule has 1 heterocycles. The minimum atomic E-state index is -3.61. The Kier molecular flexibility index (Phi) is 4.67. The van der Waals surface area contributed by atoms with Gasteiger partial charge in [0.15, 0.2) is 0 Å². The maximum absolute atomic E-state index is 12.4. The van der Waals surface area contributed by atoms with Gasteiger partial charge in [-0.05, 0) is 37.3 Å². The highest BCUT2D eigenvalue weighted by molar-refractivity contribution is 7.92. The fraction of sp³-hybridized carbons (Fsp3) is 0.111. The van der Waals surface area contributed by atoms with E-state index < -0.39 is 10.0 Å². The van der Waals surface area contributed by atoms with Gasteiger partial charge in [0.2, 0.25) is 5.88 Å². The van der Waals surface area contributed by atoms with Gasteiger partial charge in [-0.1, -0.05) is 29.8 Å². The van der Waals surface area contributed by atoms with Crippen LogP contribution in [0.1, 0.15) is 5.56 Å². The number of sulfonamides is 1. The average molecular weight is 355 g/mol. The van der Waals surface area contributed by atoms with Crippen LogP contribution in [0.15, 0.2) is 65.6 Å². The lowest BCUT2D eigenvalue weighted by Crippen LogP contribution is -2.12. The van der Waals surface area contributed by atoms with Crippen molar-refractivity contribution in [2.45, 2.75) is 11.8 Å². The molecule has 3 rings (SSSR count). The zero-order valence-electron chi connectivity index (χ0n) is 13.8. The van der Waals surface area contributed by atoms with Crippen molar-refractivity contribution in [1.29, 1.82) is 0 Å². The van der Waals surface area contributed by atoms with Gasteiger partial charge in [-0.25, -0.2) is 8.42 Å². The molecule has 1 aromatic heterocycles. The molecule has 25 heavy (non-hydrogen) atoms. The standard InChI is InChI=1S/C18H17N3O3S/c1-13-3-9-16(10-4-13)25(22,23)21-15-7-5-14(6-8-15)17-11-12-18(24-2)20-19-17/h3-12,21H,1-2H3. The number of hydrogen-bond acceptors (Lipinski definition) is 5. The van der Waals surface area contributed by atoms with Crippen LogP contribution in [0.5, 0.6) is 5.88 Å². The van der Waals surface area contributed by atoms with Crippen LogP contribution in [-0.4, -0.2) is 25.7 Å². The Balaban J connectivity index is 1.79. The van der Waals surface area contributed by atoms with E-state index in [1.807, 2.05) is 6.92 Å². The number of benzene rings is 2. The molecular formula is C18H17N3O3S. The quantitative estimate of drug-likeness (QED) is 0.760. The Bertz CT molecular complexity index is 952. The molecule has 0 amide bonds. The van der Waals surface area contributed by atoms with Crippen molar-refractivity contribution in [3.8, 4) is 17.1 Å². The molecule has 0 unspecified atom stereocenters. The molecule has 0 saturated heterocycles. The fourth-order valence-electron chi connectivity index (χ4n) is 2.22. The van der Waals surface area contributed by atoms with Crippen molar-refractivity contribution in [3.05, 3.63) is 66.2 Å². The van der Waals surface area contributed by atoms with Crippen LogP contribution < -0.4 is 9.46 Å². The van der Waals surface area contributed by atoms with Crippen LogP contribution in [0.4, 0.5) is 5.69 Å². The van der Waals surface area contributed by atoms with Gasteiger partial charge in [0.05, 0.1) is 17.7 Å². The van der Waals surface area contributed by atoms with Crippen LogP contribution >= 0.6 is 0 Å². The minimum absolute atomic E-state index is 0.225. The number of anilines is 1. The van der Waals surface area contributed by atoms with E-state index in [4.69, 9.17) is 4.74 Å². The summed E-state index contributed by atoms with van der Waals surface area (Å²) in [5.74, 6) is 0.436. The first kappa shape index (κ1) is 16.9. The second-order valence-electron chi connectivity index (χ2n) is 5.46. The second kappa shape index (κ2) is 6.90. The van der Waals surface area contributed by atoms with Crippen molar-refractivity contribution < 1.29 is 13.2 Å². The Morgan fingerprint density at radius 1 is 0.880 bits per heavy atom. The topological polar surface area (TPSA) is 81.2 Å². The van der Waals surface area contributed by atoms with E-state index >= 15 is 0 Å². The summed E-state index contributed by atoms with van der Waals surface area (Å²) >= 11 is 0. The molecule has 6 nitrogen and oxygen atoms in total. The summed E-state index contributed by atoms with van der Waals surface area (Å²) < 4.78 is 32.3. The van der Waals surface area contributed by atoms with E-state index in [0.29, 0.717) is 17.3 Å². The minimum Gasteiger partial charge on any atom is -0.480 e. The summed E-state index contributed by atoms with van der Waals surface area (Å²) in [5.41, 5.74) is 2.98. The van der Waals surface area contributed by atoms with Crippen LogP contribution in [-0.2, 0) is 10.0 Å². The molecule has 0 saturated carbocycles. The number of hydrogen-bond donors (Lipinski definition) is 1. The molecule has 0 aliphatic carbocycles. The zero-order chi connectivity index (χ0) is 17.9. The van der Waals surface area contributed by atoms with Gasteiger partial charge in [0.1, 0.15) is 0 Å². The highest BCUT2D eigenvalue weighted by Crippen LogP contribution is 2.22. The van der Waals surface area contributed by atoms with Crippen LogP contribution in [0.3, 0.4) is 0 Å². The summed E-state index contributed by atoms with van der Waals surface area (Å²) in [6, 6.07) is 17.1. The molecule has 0 atom stereocenters. The molecule has 7 heteroatoms. The van der Waals surface area contributed by atoms with Gasteiger partial charge >= 0.3 is 0 Å². The molecule has 0 spiro atoms. The van der Waals surface area contributed by atoms with Gasteiger partial charge in [-0.2, -0.15) is 0 Å². The Morgan fingerprint density at radius 2 is 1.56 bits per heavy atom. The lowest BCUT2D eigenvalue weighted by molar-refractivity contribution is 0.392. The van der Waals surface area contributed by atoms with E-state index in [1.165, 1.54) is 7.11 Å². The third-order valence-electron chi connectivity index (χ3n) is 3.61. The largest absolute Gasteiger partial charge is 0.480 e. The van der Waals surface area contributed by atoms with E-state index in [0.717, 1.165) is 11.1 Å². The lowest BCUT2D eigenvalue weighted by Gasteiger charge is -2.09.